The largest absolute Gasteiger partial charge is 0.376 e. The molecule has 8 heteroatoms. The number of pyridine rings is 1. The van der Waals surface area contributed by atoms with Crippen LogP contribution in [0.3, 0.4) is 0 Å². The first-order valence-corrected chi connectivity index (χ1v) is 11.8. The Kier molecular flexibility index (Phi) is 6.97. The lowest BCUT2D eigenvalue weighted by atomic mass is 10.2. The molecule has 1 aliphatic heterocycles. The number of ether oxygens (including phenoxy) is 1. The Labute approximate surface area is 180 Å². The average Bonchev–Trinajstić information content (AvgIpc) is 3.46. The molecule has 1 fully saturated rings. The third kappa shape index (κ3) is 5.45. The molecule has 0 aliphatic carbocycles. The number of hydrogen-bond acceptors (Lipinski definition) is 7. The topological polar surface area (TPSA) is 56.1 Å². The molecule has 0 amide bonds. The molecule has 154 valence electrons. The summed E-state index contributed by atoms with van der Waals surface area (Å²) in [7, 11) is 2.14. The van der Waals surface area contributed by atoms with Gasteiger partial charge in [0.05, 0.1) is 24.9 Å². The molecule has 1 atom stereocenters. The average molecular weight is 430 g/mol. The third-order valence-corrected chi connectivity index (χ3v) is 7.08. The normalized spacial score (nSPS) is 16.7. The predicted molar refractivity (Wildman–Crippen MR) is 117 cm³/mol. The second-order valence-corrected chi connectivity index (χ2v) is 9.40. The van der Waals surface area contributed by atoms with Crippen molar-refractivity contribution in [3.63, 3.8) is 0 Å². The Morgan fingerprint density at radius 3 is 2.93 bits per heavy atom. The van der Waals surface area contributed by atoms with Crippen molar-refractivity contribution < 1.29 is 4.74 Å². The van der Waals surface area contributed by atoms with Gasteiger partial charge in [0.15, 0.2) is 5.16 Å². The molecule has 4 rings (SSSR count). The van der Waals surface area contributed by atoms with Crippen LogP contribution in [0.1, 0.15) is 34.8 Å². The number of rotatable bonds is 9. The fourth-order valence-corrected chi connectivity index (χ4v) is 5.32. The van der Waals surface area contributed by atoms with Gasteiger partial charge in [-0.2, -0.15) is 0 Å². The first-order chi connectivity index (χ1) is 14.2. The number of aromatic nitrogens is 4. The highest BCUT2D eigenvalue weighted by molar-refractivity contribution is 7.98. The molecular weight excluding hydrogens is 402 g/mol. The van der Waals surface area contributed by atoms with Crippen LogP contribution in [0.5, 0.6) is 0 Å². The van der Waals surface area contributed by atoms with Crippen molar-refractivity contribution in [3.05, 3.63) is 57.8 Å². The number of thioether (sulfide) groups is 1. The van der Waals surface area contributed by atoms with Crippen LogP contribution in [0.4, 0.5) is 0 Å². The quantitative estimate of drug-likeness (QED) is 0.477. The van der Waals surface area contributed by atoms with E-state index in [2.05, 4.69) is 50.1 Å². The van der Waals surface area contributed by atoms with Crippen LogP contribution in [0.25, 0.3) is 0 Å². The van der Waals surface area contributed by atoms with E-state index in [9.17, 15) is 0 Å². The maximum Gasteiger partial charge on any atom is 0.191 e. The molecule has 29 heavy (non-hydrogen) atoms. The van der Waals surface area contributed by atoms with E-state index in [1.807, 2.05) is 35.7 Å². The standard InChI is InChI=1S/C21H27N5OS2/c1-16-8-11-28-19(16)13-25(2)14-20-23-24-21(26(20)12-18-7-5-10-27-18)29-15-17-6-3-4-9-22-17/h3-4,6,8-9,11,18H,5,7,10,12-15H2,1-2H3/t18-/m1/s1. The molecule has 0 radical (unpaired) electrons. The van der Waals surface area contributed by atoms with E-state index in [-0.39, 0.29) is 6.10 Å². The minimum atomic E-state index is 0.254. The van der Waals surface area contributed by atoms with E-state index < -0.39 is 0 Å². The van der Waals surface area contributed by atoms with Crippen molar-refractivity contribution in [2.45, 2.75) is 56.4 Å². The number of nitrogens with zero attached hydrogens (tertiary/aromatic N) is 5. The summed E-state index contributed by atoms with van der Waals surface area (Å²) in [6, 6.07) is 8.19. The van der Waals surface area contributed by atoms with E-state index >= 15 is 0 Å². The molecule has 1 saturated heterocycles. The minimum Gasteiger partial charge on any atom is -0.376 e. The first-order valence-electron chi connectivity index (χ1n) is 9.97. The highest BCUT2D eigenvalue weighted by Gasteiger charge is 2.22. The molecule has 1 aliphatic rings. The SMILES string of the molecule is Cc1ccsc1CN(C)Cc1nnc(SCc2ccccn2)n1C[C@H]1CCCO1. The lowest BCUT2D eigenvalue weighted by molar-refractivity contribution is 0.0934. The molecule has 0 bridgehead atoms. The molecule has 4 heterocycles. The molecule has 3 aromatic rings. The van der Waals surface area contributed by atoms with Crippen LogP contribution in [0.2, 0.25) is 0 Å². The zero-order valence-corrected chi connectivity index (χ0v) is 18.6. The van der Waals surface area contributed by atoms with E-state index in [4.69, 9.17) is 4.74 Å². The first kappa shape index (κ1) is 20.5. The van der Waals surface area contributed by atoms with Crippen molar-refractivity contribution in [3.8, 4) is 0 Å². The van der Waals surface area contributed by atoms with Gasteiger partial charge < -0.3 is 9.30 Å². The summed E-state index contributed by atoms with van der Waals surface area (Å²) in [6.07, 6.45) is 4.33. The van der Waals surface area contributed by atoms with Gasteiger partial charge in [0.2, 0.25) is 0 Å². The predicted octanol–water partition coefficient (Wildman–Crippen LogP) is 4.15. The molecule has 0 saturated carbocycles. The van der Waals surface area contributed by atoms with E-state index in [0.717, 1.165) is 61.5 Å². The van der Waals surface area contributed by atoms with Crippen LogP contribution >= 0.6 is 23.1 Å². The maximum atomic E-state index is 5.90. The number of thiophene rings is 1. The Morgan fingerprint density at radius 1 is 1.28 bits per heavy atom. The van der Waals surface area contributed by atoms with E-state index in [1.54, 1.807) is 11.8 Å². The molecule has 6 nitrogen and oxygen atoms in total. The summed E-state index contributed by atoms with van der Waals surface area (Å²) in [6.45, 7) is 5.54. The zero-order chi connectivity index (χ0) is 20.1. The van der Waals surface area contributed by atoms with Gasteiger partial charge in [-0.05, 0) is 56.0 Å². The summed E-state index contributed by atoms with van der Waals surface area (Å²) >= 11 is 3.51. The van der Waals surface area contributed by atoms with Gasteiger partial charge >= 0.3 is 0 Å². The van der Waals surface area contributed by atoms with E-state index in [0.29, 0.717) is 0 Å². The van der Waals surface area contributed by atoms with Gasteiger partial charge in [0.25, 0.3) is 0 Å². The Balaban J connectivity index is 1.47. The zero-order valence-electron chi connectivity index (χ0n) is 17.0. The van der Waals surface area contributed by atoms with Gasteiger partial charge in [-0.15, -0.1) is 21.5 Å². The van der Waals surface area contributed by atoms with Crippen LogP contribution in [0, 0.1) is 6.92 Å². The Bertz CT molecular complexity index is 905. The van der Waals surface area contributed by atoms with Crippen molar-refractivity contribution in [1.82, 2.24) is 24.6 Å². The minimum absolute atomic E-state index is 0.254. The molecule has 0 aromatic carbocycles. The van der Waals surface area contributed by atoms with E-state index in [1.165, 1.54) is 10.4 Å². The van der Waals surface area contributed by atoms with Gasteiger partial charge in [-0.25, -0.2) is 0 Å². The lowest BCUT2D eigenvalue weighted by Crippen LogP contribution is -2.23. The van der Waals surface area contributed by atoms with Crippen molar-refractivity contribution in [2.24, 2.45) is 0 Å². The Hall–Kier alpha value is -1.74. The van der Waals surface area contributed by atoms with Crippen molar-refractivity contribution in [2.75, 3.05) is 13.7 Å². The number of aryl methyl sites for hydroxylation is 1. The monoisotopic (exact) mass is 429 g/mol. The van der Waals surface area contributed by atoms with Gasteiger partial charge in [0, 0.05) is 30.0 Å². The van der Waals surface area contributed by atoms with Crippen LogP contribution in [0.15, 0.2) is 41.0 Å². The summed E-state index contributed by atoms with van der Waals surface area (Å²) in [4.78, 5) is 8.13. The van der Waals surface area contributed by atoms with Crippen LogP contribution in [-0.2, 0) is 30.1 Å². The molecule has 0 unspecified atom stereocenters. The summed E-state index contributed by atoms with van der Waals surface area (Å²) in [5.41, 5.74) is 2.41. The third-order valence-electron chi connectivity index (χ3n) is 5.07. The number of hydrogen-bond donors (Lipinski definition) is 0. The second kappa shape index (κ2) is 9.84. The molecular formula is C21H27N5OS2. The Morgan fingerprint density at radius 2 is 2.21 bits per heavy atom. The summed E-state index contributed by atoms with van der Waals surface area (Å²) in [5, 5.41) is 12.2. The van der Waals surface area contributed by atoms with Gasteiger partial charge in [-0.1, -0.05) is 17.8 Å². The van der Waals surface area contributed by atoms with Gasteiger partial charge in [0.1, 0.15) is 5.82 Å². The van der Waals surface area contributed by atoms with Crippen LogP contribution < -0.4 is 0 Å². The lowest BCUT2D eigenvalue weighted by Gasteiger charge is -2.19. The highest BCUT2D eigenvalue weighted by Crippen LogP contribution is 2.25. The highest BCUT2D eigenvalue weighted by atomic mass is 32.2. The fourth-order valence-electron chi connectivity index (χ4n) is 3.45. The second-order valence-electron chi connectivity index (χ2n) is 7.45. The summed E-state index contributed by atoms with van der Waals surface area (Å²) < 4.78 is 8.15. The molecule has 0 N–H and O–H groups in total. The fraction of sp³-hybridized carbons (Fsp3) is 0.476. The maximum absolute atomic E-state index is 5.90. The van der Waals surface area contributed by atoms with Crippen molar-refractivity contribution >= 4 is 23.1 Å². The van der Waals surface area contributed by atoms with Crippen LogP contribution in [-0.4, -0.2) is 44.4 Å². The molecule has 0 spiro atoms. The summed E-state index contributed by atoms with van der Waals surface area (Å²) in [5.74, 6) is 1.79. The smallest absolute Gasteiger partial charge is 0.191 e. The van der Waals surface area contributed by atoms with Gasteiger partial charge in [-0.3, -0.25) is 9.88 Å². The molecule has 3 aromatic heterocycles. The van der Waals surface area contributed by atoms with Crippen molar-refractivity contribution in [1.29, 1.82) is 0 Å².